The van der Waals surface area contributed by atoms with Crippen LogP contribution in [0.1, 0.15) is 12.8 Å². The second kappa shape index (κ2) is 2.10. The first-order valence-electron chi connectivity index (χ1n) is 3.70. The Bertz CT molecular complexity index is 106. The predicted octanol–water partition coefficient (Wildman–Crippen LogP) is 1.85. The van der Waals surface area contributed by atoms with E-state index < -0.39 is 8.07 Å². The molecule has 0 heterocycles. The Morgan fingerprint density at radius 3 is 1.78 bits per heavy atom. The topological polar surface area (TPSA) is 20.2 Å². The van der Waals surface area contributed by atoms with Crippen molar-refractivity contribution in [1.29, 1.82) is 0 Å². The molecule has 54 valence electrons. The molecule has 0 spiro atoms. The van der Waals surface area contributed by atoms with Gasteiger partial charge in [-0.05, 0) is 18.4 Å². The highest BCUT2D eigenvalue weighted by atomic mass is 28.3. The fraction of sp³-hybridized carbons (Fsp3) is 1.00. The zero-order chi connectivity index (χ0) is 7.07. The van der Waals surface area contributed by atoms with Gasteiger partial charge in [0.2, 0.25) is 0 Å². The van der Waals surface area contributed by atoms with Gasteiger partial charge in [-0.3, -0.25) is 0 Å². The van der Waals surface area contributed by atoms with Crippen LogP contribution in [0, 0.1) is 0 Å². The Kier molecular flexibility index (Phi) is 1.70. The molecule has 0 amide bonds. The van der Waals surface area contributed by atoms with Gasteiger partial charge in [-0.1, -0.05) is 19.6 Å². The van der Waals surface area contributed by atoms with Crippen molar-refractivity contribution in [2.75, 3.05) is 0 Å². The molecule has 1 aliphatic carbocycles. The molecule has 9 heavy (non-hydrogen) atoms. The molecule has 0 aromatic carbocycles. The van der Waals surface area contributed by atoms with Crippen molar-refractivity contribution in [3.63, 3.8) is 0 Å². The van der Waals surface area contributed by atoms with Crippen LogP contribution in [-0.2, 0) is 0 Å². The van der Waals surface area contributed by atoms with E-state index >= 15 is 0 Å². The van der Waals surface area contributed by atoms with Crippen LogP contribution in [0.5, 0.6) is 0 Å². The van der Waals surface area contributed by atoms with E-state index in [-0.39, 0.29) is 6.10 Å². The second-order valence-electron chi connectivity index (χ2n) is 4.12. The lowest BCUT2D eigenvalue weighted by molar-refractivity contribution is 0.0918. The summed E-state index contributed by atoms with van der Waals surface area (Å²) >= 11 is 0. The van der Waals surface area contributed by atoms with Crippen molar-refractivity contribution in [3.05, 3.63) is 0 Å². The molecule has 2 unspecified atom stereocenters. The minimum Gasteiger partial charge on any atom is -0.393 e. The van der Waals surface area contributed by atoms with Crippen LogP contribution in [0.3, 0.4) is 0 Å². The molecule has 0 saturated heterocycles. The van der Waals surface area contributed by atoms with Gasteiger partial charge in [0.05, 0.1) is 14.2 Å². The molecular formula is C7H16OSi. The van der Waals surface area contributed by atoms with E-state index in [9.17, 15) is 5.11 Å². The van der Waals surface area contributed by atoms with Crippen LogP contribution in [-0.4, -0.2) is 19.3 Å². The smallest absolute Gasteiger partial charge is 0.0544 e. The molecule has 0 bridgehead atoms. The highest BCUT2D eigenvalue weighted by molar-refractivity contribution is 6.77. The third kappa shape index (κ3) is 1.35. The molecule has 1 fully saturated rings. The van der Waals surface area contributed by atoms with Crippen molar-refractivity contribution in [2.45, 2.75) is 44.1 Å². The molecule has 1 nitrogen and oxygen atoms in total. The van der Waals surface area contributed by atoms with E-state index in [2.05, 4.69) is 19.6 Å². The molecule has 2 atom stereocenters. The van der Waals surface area contributed by atoms with Crippen molar-refractivity contribution >= 4 is 8.07 Å². The molecule has 0 aliphatic heterocycles. The lowest BCUT2D eigenvalue weighted by atomic mass is 9.95. The maximum Gasteiger partial charge on any atom is 0.0544 e. The lowest BCUT2D eigenvalue weighted by Crippen LogP contribution is -2.42. The maximum atomic E-state index is 9.28. The minimum atomic E-state index is -0.987. The van der Waals surface area contributed by atoms with Crippen LogP contribution in [0.2, 0.25) is 25.2 Å². The molecule has 1 aliphatic rings. The highest BCUT2D eigenvalue weighted by Crippen LogP contribution is 2.40. The van der Waals surface area contributed by atoms with Gasteiger partial charge in [0.1, 0.15) is 0 Å². The molecular weight excluding hydrogens is 128 g/mol. The van der Waals surface area contributed by atoms with E-state index in [1.165, 1.54) is 6.42 Å². The minimum absolute atomic E-state index is 0.0525. The van der Waals surface area contributed by atoms with Gasteiger partial charge >= 0.3 is 0 Å². The van der Waals surface area contributed by atoms with Crippen LogP contribution < -0.4 is 0 Å². The van der Waals surface area contributed by atoms with Gasteiger partial charge in [0.15, 0.2) is 0 Å². The summed E-state index contributed by atoms with van der Waals surface area (Å²) in [6.45, 7) is 7.00. The first-order valence-corrected chi connectivity index (χ1v) is 7.27. The van der Waals surface area contributed by atoms with Crippen molar-refractivity contribution < 1.29 is 5.11 Å². The fourth-order valence-corrected chi connectivity index (χ4v) is 3.85. The number of rotatable bonds is 1. The third-order valence-electron chi connectivity index (χ3n) is 2.35. The van der Waals surface area contributed by atoms with Crippen LogP contribution in [0.4, 0.5) is 0 Å². The van der Waals surface area contributed by atoms with E-state index in [1.54, 1.807) is 0 Å². The SMILES string of the molecule is C[Si](C)(C)C1CCC1O. The first-order chi connectivity index (χ1) is 4.02. The summed E-state index contributed by atoms with van der Waals surface area (Å²) in [7, 11) is -0.987. The second-order valence-corrected chi connectivity index (χ2v) is 9.59. The van der Waals surface area contributed by atoms with E-state index in [0.717, 1.165) is 6.42 Å². The number of hydrogen-bond acceptors (Lipinski definition) is 1. The molecule has 2 heteroatoms. The molecule has 1 saturated carbocycles. The fourth-order valence-electron chi connectivity index (χ4n) is 1.49. The average molecular weight is 144 g/mol. The monoisotopic (exact) mass is 144 g/mol. The molecule has 0 aromatic rings. The Balaban J connectivity index is 2.44. The zero-order valence-corrected chi connectivity index (χ0v) is 7.52. The first kappa shape index (κ1) is 7.29. The Morgan fingerprint density at radius 2 is 1.78 bits per heavy atom. The summed E-state index contributed by atoms with van der Waals surface area (Å²) in [6.07, 6.45) is 2.38. The van der Waals surface area contributed by atoms with Gasteiger partial charge in [0.25, 0.3) is 0 Å². The van der Waals surface area contributed by atoms with E-state index in [4.69, 9.17) is 0 Å². The highest BCUT2D eigenvalue weighted by Gasteiger charge is 2.38. The quantitative estimate of drug-likeness (QED) is 0.557. The van der Waals surface area contributed by atoms with Crippen LogP contribution in [0.25, 0.3) is 0 Å². The van der Waals surface area contributed by atoms with Crippen LogP contribution in [0.15, 0.2) is 0 Å². The molecule has 1 N–H and O–H groups in total. The molecule has 0 aromatic heterocycles. The average Bonchev–Trinajstić information content (AvgIpc) is 1.57. The normalized spacial score (nSPS) is 36.0. The zero-order valence-electron chi connectivity index (χ0n) is 6.52. The Labute approximate surface area is 58.1 Å². The van der Waals surface area contributed by atoms with Gasteiger partial charge in [0, 0.05) is 0 Å². The van der Waals surface area contributed by atoms with E-state index in [1.807, 2.05) is 0 Å². The molecule has 0 radical (unpaired) electrons. The third-order valence-corrected chi connectivity index (χ3v) is 5.25. The Hall–Kier alpha value is 0.177. The summed E-state index contributed by atoms with van der Waals surface area (Å²) in [5.74, 6) is 0. The maximum absolute atomic E-state index is 9.28. The van der Waals surface area contributed by atoms with Gasteiger partial charge in [-0.2, -0.15) is 0 Å². The molecule has 1 rings (SSSR count). The predicted molar refractivity (Wildman–Crippen MR) is 42.3 cm³/mol. The standard InChI is InChI=1S/C7H16OSi/c1-9(2,3)7-5-4-6(7)8/h6-8H,4-5H2,1-3H3. The number of aliphatic hydroxyl groups excluding tert-OH is 1. The summed E-state index contributed by atoms with van der Waals surface area (Å²) in [6, 6.07) is 0. The van der Waals surface area contributed by atoms with Crippen molar-refractivity contribution in [2.24, 2.45) is 0 Å². The van der Waals surface area contributed by atoms with Gasteiger partial charge in [-0.25, -0.2) is 0 Å². The van der Waals surface area contributed by atoms with Gasteiger partial charge in [-0.15, -0.1) is 0 Å². The van der Waals surface area contributed by atoms with E-state index in [0.29, 0.717) is 5.54 Å². The van der Waals surface area contributed by atoms with Crippen molar-refractivity contribution in [3.8, 4) is 0 Å². The lowest BCUT2D eigenvalue weighted by Gasteiger charge is -2.41. The summed E-state index contributed by atoms with van der Waals surface area (Å²) < 4.78 is 0. The summed E-state index contributed by atoms with van der Waals surface area (Å²) in [5.41, 5.74) is 0.692. The summed E-state index contributed by atoms with van der Waals surface area (Å²) in [5, 5.41) is 9.28. The number of hydrogen-bond donors (Lipinski definition) is 1. The van der Waals surface area contributed by atoms with Gasteiger partial charge < -0.3 is 5.11 Å². The van der Waals surface area contributed by atoms with Crippen LogP contribution >= 0.6 is 0 Å². The number of aliphatic hydroxyl groups is 1. The largest absolute Gasteiger partial charge is 0.393 e. The summed E-state index contributed by atoms with van der Waals surface area (Å²) in [4.78, 5) is 0. The van der Waals surface area contributed by atoms with Crippen molar-refractivity contribution in [1.82, 2.24) is 0 Å². The Morgan fingerprint density at radius 1 is 1.22 bits per heavy atom.